The second kappa shape index (κ2) is 7.34. The van der Waals surface area contributed by atoms with E-state index in [-0.39, 0.29) is 5.02 Å². The molecule has 21 heavy (non-hydrogen) atoms. The first-order valence-corrected chi connectivity index (χ1v) is 6.07. The van der Waals surface area contributed by atoms with Gasteiger partial charge in [0.2, 0.25) is 0 Å². The number of amides is 2. The standard InChI is InChI=1S/C12H13ClN2O6/c1-21-9-3-2-6(4-7(9)13)14-12(20)15-8(11(18)19)5-10(16)17/h2-4,8H,5H2,1H3,(H,16,17)(H,18,19)(H2,14,15,20). The van der Waals surface area contributed by atoms with Crippen molar-refractivity contribution in [2.24, 2.45) is 0 Å². The summed E-state index contributed by atoms with van der Waals surface area (Å²) in [6.45, 7) is 0. The lowest BCUT2D eigenvalue weighted by Gasteiger charge is -2.13. The molecule has 4 N–H and O–H groups in total. The Bertz CT molecular complexity index is 563. The van der Waals surface area contributed by atoms with Crippen LogP contribution in [0.1, 0.15) is 6.42 Å². The predicted octanol–water partition coefficient (Wildman–Crippen LogP) is 1.40. The van der Waals surface area contributed by atoms with Crippen molar-refractivity contribution in [2.75, 3.05) is 12.4 Å². The molecule has 0 saturated heterocycles. The van der Waals surface area contributed by atoms with Crippen LogP contribution in [0, 0.1) is 0 Å². The molecule has 1 unspecified atom stereocenters. The summed E-state index contributed by atoms with van der Waals surface area (Å²) in [5.41, 5.74) is 0.303. The van der Waals surface area contributed by atoms with Crippen LogP contribution in [0.5, 0.6) is 5.75 Å². The normalized spacial score (nSPS) is 11.3. The maximum atomic E-state index is 11.6. The van der Waals surface area contributed by atoms with Crippen LogP contribution in [0.15, 0.2) is 18.2 Å². The van der Waals surface area contributed by atoms with Gasteiger partial charge >= 0.3 is 18.0 Å². The molecule has 1 aromatic rings. The highest BCUT2D eigenvalue weighted by Gasteiger charge is 2.23. The van der Waals surface area contributed by atoms with Crippen molar-refractivity contribution in [3.63, 3.8) is 0 Å². The SMILES string of the molecule is COc1ccc(NC(=O)NC(CC(=O)O)C(=O)O)cc1Cl. The van der Waals surface area contributed by atoms with Gasteiger partial charge in [-0.25, -0.2) is 9.59 Å². The fraction of sp³-hybridized carbons (Fsp3) is 0.250. The van der Waals surface area contributed by atoms with Crippen LogP contribution >= 0.6 is 11.6 Å². The number of carbonyl (C=O) groups excluding carboxylic acids is 1. The number of benzene rings is 1. The Balaban J connectivity index is 2.69. The summed E-state index contributed by atoms with van der Waals surface area (Å²) in [6, 6.07) is 2.04. The third kappa shape index (κ3) is 5.19. The molecule has 0 saturated carbocycles. The van der Waals surface area contributed by atoms with E-state index in [1.165, 1.54) is 25.3 Å². The molecule has 0 fully saturated rings. The fourth-order valence-corrected chi connectivity index (χ4v) is 1.70. The fourth-order valence-electron chi connectivity index (χ4n) is 1.44. The molecule has 0 spiro atoms. The molecule has 0 heterocycles. The number of carboxylic acid groups (broad SMARTS) is 2. The van der Waals surface area contributed by atoms with E-state index in [4.69, 9.17) is 26.6 Å². The van der Waals surface area contributed by atoms with Crippen LogP contribution in [0.2, 0.25) is 5.02 Å². The minimum Gasteiger partial charge on any atom is -0.495 e. The molecule has 0 bridgehead atoms. The zero-order chi connectivity index (χ0) is 16.0. The molecule has 0 aromatic heterocycles. The van der Waals surface area contributed by atoms with Crippen LogP contribution in [0.3, 0.4) is 0 Å². The van der Waals surface area contributed by atoms with E-state index in [1.807, 2.05) is 5.32 Å². The number of ether oxygens (including phenoxy) is 1. The minimum absolute atomic E-state index is 0.260. The predicted molar refractivity (Wildman–Crippen MR) is 73.8 cm³/mol. The molecule has 1 atom stereocenters. The number of halogens is 1. The smallest absolute Gasteiger partial charge is 0.326 e. The van der Waals surface area contributed by atoms with Crippen molar-refractivity contribution in [2.45, 2.75) is 12.5 Å². The lowest BCUT2D eigenvalue weighted by atomic mass is 10.2. The van der Waals surface area contributed by atoms with Gasteiger partial charge in [-0.15, -0.1) is 0 Å². The Morgan fingerprint density at radius 2 is 2.00 bits per heavy atom. The highest BCUT2D eigenvalue weighted by atomic mass is 35.5. The van der Waals surface area contributed by atoms with Crippen molar-refractivity contribution < 1.29 is 29.3 Å². The second-order valence-corrected chi connectivity index (χ2v) is 4.34. The number of carbonyl (C=O) groups is 3. The number of methoxy groups -OCH3 is 1. The summed E-state index contributed by atoms with van der Waals surface area (Å²) >= 11 is 5.87. The van der Waals surface area contributed by atoms with E-state index in [9.17, 15) is 14.4 Å². The zero-order valence-electron chi connectivity index (χ0n) is 10.9. The molecule has 1 rings (SSSR count). The topological polar surface area (TPSA) is 125 Å². The first-order valence-electron chi connectivity index (χ1n) is 5.69. The molecular weight excluding hydrogens is 304 g/mol. The van der Waals surface area contributed by atoms with E-state index >= 15 is 0 Å². The number of carboxylic acids is 2. The molecule has 1 aromatic carbocycles. The molecule has 114 valence electrons. The summed E-state index contributed by atoms with van der Waals surface area (Å²) in [5.74, 6) is -2.37. The Labute approximate surface area is 124 Å². The summed E-state index contributed by atoms with van der Waals surface area (Å²) in [4.78, 5) is 32.9. The number of nitrogens with one attached hydrogen (secondary N) is 2. The van der Waals surface area contributed by atoms with Gasteiger partial charge in [0, 0.05) is 5.69 Å². The Hall–Kier alpha value is -2.48. The number of hydrogen-bond acceptors (Lipinski definition) is 4. The van der Waals surface area contributed by atoms with Crippen LogP contribution in [0.25, 0.3) is 0 Å². The maximum absolute atomic E-state index is 11.6. The molecule has 8 nitrogen and oxygen atoms in total. The van der Waals surface area contributed by atoms with Gasteiger partial charge < -0.3 is 25.6 Å². The quantitative estimate of drug-likeness (QED) is 0.628. The largest absolute Gasteiger partial charge is 0.495 e. The minimum atomic E-state index is -1.53. The van der Waals surface area contributed by atoms with E-state index in [2.05, 4.69) is 5.32 Å². The van der Waals surface area contributed by atoms with E-state index in [0.29, 0.717) is 11.4 Å². The molecule has 0 aliphatic rings. The summed E-state index contributed by atoms with van der Waals surface area (Å²) < 4.78 is 4.94. The highest BCUT2D eigenvalue weighted by molar-refractivity contribution is 6.32. The summed E-state index contributed by atoms with van der Waals surface area (Å²) in [7, 11) is 1.43. The van der Waals surface area contributed by atoms with E-state index in [0.717, 1.165) is 0 Å². The van der Waals surface area contributed by atoms with Crippen LogP contribution in [-0.4, -0.2) is 41.3 Å². The summed E-state index contributed by atoms with van der Waals surface area (Å²) in [5, 5.41) is 22.0. The number of anilines is 1. The lowest BCUT2D eigenvalue weighted by Crippen LogP contribution is -2.44. The van der Waals surface area contributed by atoms with Gasteiger partial charge in [-0.2, -0.15) is 0 Å². The summed E-state index contributed by atoms with van der Waals surface area (Å²) in [6.07, 6.45) is -0.730. The molecular formula is C12H13ClN2O6. The number of rotatable bonds is 6. The number of hydrogen-bond donors (Lipinski definition) is 4. The third-order valence-corrected chi connectivity index (χ3v) is 2.69. The first-order chi connectivity index (χ1) is 9.83. The maximum Gasteiger partial charge on any atom is 0.326 e. The highest BCUT2D eigenvalue weighted by Crippen LogP contribution is 2.27. The van der Waals surface area contributed by atoms with Gasteiger partial charge in [0.15, 0.2) is 0 Å². The van der Waals surface area contributed by atoms with E-state index < -0.39 is 30.4 Å². The Kier molecular flexibility index (Phi) is 5.79. The molecule has 2 amide bonds. The average molecular weight is 317 g/mol. The van der Waals surface area contributed by atoms with Crippen molar-refractivity contribution in [1.29, 1.82) is 0 Å². The lowest BCUT2D eigenvalue weighted by molar-refractivity contribution is -0.145. The van der Waals surface area contributed by atoms with Crippen LogP contribution < -0.4 is 15.4 Å². The van der Waals surface area contributed by atoms with Gasteiger partial charge in [0.25, 0.3) is 0 Å². The Morgan fingerprint density at radius 3 is 2.48 bits per heavy atom. The molecule has 0 radical (unpaired) electrons. The van der Waals surface area contributed by atoms with Crippen LogP contribution in [0.4, 0.5) is 10.5 Å². The van der Waals surface area contributed by atoms with Gasteiger partial charge in [-0.3, -0.25) is 4.79 Å². The molecule has 0 aliphatic heterocycles. The van der Waals surface area contributed by atoms with Crippen LogP contribution in [-0.2, 0) is 9.59 Å². The van der Waals surface area contributed by atoms with Crippen molar-refractivity contribution in [1.82, 2.24) is 5.32 Å². The van der Waals surface area contributed by atoms with Crippen molar-refractivity contribution in [3.05, 3.63) is 23.2 Å². The monoisotopic (exact) mass is 316 g/mol. The number of aliphatic carboxylic acids is 2. The van der Waals surface area contributed by atoms with Gasteiger partial charge in [-0.1, -0.05) is 11.6 Å². The average Bonchev–Trinajstić information content (AvgIpc) is 2.37. The Morgan fingerprint density at radius 1 is 1.33 bits per heavy atom. The first kappa shape index (κ1) is 16.6. The number of urea groups is 1. The van der Waals surface area contributed by atoms with Gasteiger partial charge in [0.05, 0.1) is 18.6 Å². The molecule has 9 heteroatoms. The van der Waals surface area contributed by atoms with Crippen molar-refractivity contribution in [3.8, 4) is 5.75 Å². The van der Waals surface area contributed by atoms with Crippen molar-refractivity contribution >= 4 is 35.3 Å². The van der Waals surface area contributed by atoms with Gasteiger partial charge in [-0.05, 0) is 18.2 Å². The second-order valence-electron chi connectivity index (χ2n) is 3.94. The zero-order valence-corrected chi connectivity index (χ0v) is 11.7. The van der Waals surface area contributed by atoms with Gasteiger partial charge in [0.1, 0.15) is 11.8 Å². The third-order valence-electron chi connectivity index (χ3n) is 2.39. The van der Waals surface area contributed by atoms with E-state index in [1.54, 1.807) is 0 Å². The molecule has 0 aliphatic carbocycles.